The van der Waals surface area contributed by atoms with Crippen molar-refractivity contribution in [1.29, 1.82) is 0 Å². The molecule has 7 nitrogen and oxygen atoms in total. The highest BCUT2D eigenvalue weighted by atomic mass is 16.5. The topological polar surface area (TPSA) is 84.5 Å². The van der Waals surface area contributed by atoms with Crippen LogP contribution in [-0.4, -0.2) is 46.9 Å². The monoisotopic (exact) mass is 475 g/mol. The van der Waals surface area contributed by atoms with Gasteiger partial charge in [-0.3, -0.25) is 9.59 Å². The Labute approximate surface area is 205 Å². The zero-order chi connectivity index (χ0) is 24.4. The first-order valence-corrected chi connectivity index (χ1v) is 12.5. The molecule has 1 aromatic heterocycles. The molecule has 2 aromatic carbocycles. The molecule has 1 N–H and O–H groups in total. The van der Waals surface area contributed by atoms with Crippen LogP contribution in [0.2, 0.25) is 0 Å². The lowest BCUT2D eigenvalue weighted by molar-refractivity contribution is -0.135. The zero-order valence-corrected chi connectivity index (χ0v) is 20.5. The predicted molar refractivity (Wildman–Crippen MR) is 134 cm³/mol. The maximum Gasteiger partial charge on any atom is 0.272 e. The number of carbonyl (C=O) groups excluding carboxylic acids is 1. The Bertz CT molecular complexity index is 1260. The third-order valence-corrected chi connectivity index (χ3v) is 7.29. The number of rotatable bonds is 8. The number of nitrogens with one attached hydrogen (secondary N) is 1. The maximum absolute atomic E-state index is 13.9. The summed E-state index contributed by atoms with van der Waals surface area (Å²) in [5, 5.41) is 8.17. The molecule has 2 heterocycles. The van der Waals surface area contributed by atoms with Gasteiger partial charge in [-0.1, -0.05) is 50.1 Å². The van der Waals surface area contributed by atoms with Crippen LogP contribution in [0.5, 0.6) is 5.75 Å². The summed E-state index contributed by atoms with van der Waals surface area (Å²) in [5.74, 6) is 0.373. The SMILES string of the molecule is CC(C(=O)N(Cc1cccc(OCC2(C)COC2)c1)C1CCCC1)c1n[nH]c(=O)c2ccccc12. The molecule has 35 heavy (non-hydrogen) atoms. The highest BCUT2D eigenvalue weighted by Gasteiger charge is 2.34. The smallest absolute Gasteiger partial charge is 0.272 e. The number of fused-ring (bicyclic) bond motifs is 1. The van der Waals surface area contributed by atoms with Gasteiger partial charge in [-0.2, -0.15) is 5.10 Å². The van der Waals surface area contributed by atoms with Gasteiger partial charge >= 0.3 is 0 Å². The van der Waals surface area contributed by atoms with Crippen LogP contribution in [-0.2, 0) is 16.1 Å². The molecule has 1 atom stereocenters. The second-order valence-electron chi connectivity index (χ2n) is 10.3. The third-order valence-electron chi connectivity index (χ3n) is 7.29. The van der Waals surface area contributed by atoms with E-state index in [1.165, 1.54) is 0 Å². The maximum atomic E-state index is 13.9. The summed E-state index contributed by atoms with van der Waals surface area (Å²) < 4.78 is 11.4. The van der Waals surface area contributed by atoms with E-state index in [1.54, 1.807) is 6.07 Å². The average molecular weight is 476 g/mol. The molecule has 1 saturated carbocycles. The molecule has 3 aromatic rings. The van der Waals surface area contributed by atoms with E-state index in [0.29, 0.717) is 24.2 Å². The highest BCUT2D eigenvalue weighted by Crippen LogP contribution is 2.31. The molecule has 1 aliphatic heterocycles. The van der Waals surface area contributed by atoms with Crippen molar-refractivity contribution >= 4 is 16.7 Å². The number of carbonyl (C=O) groups is 1. The van der Waals surface area contributed by atoms with E-state index < -0.39 is 5.92 Å². The molecule has 0 spiro atoms. The van der Waals surface area contributed by atoms with Gasteiger partial charge in [0.15, 0.2) is 0 Å². The van der Waals surface area contributed by atoms with Gasteiger partial charge in [0.25, 0.3) is 5.56 Å². The fraction of sp³-hybridized carbons (Fsp3) is 0.464. The quantitative estimate of drug-likeness (QED) is 0.522. The second kappa shape index (κ2) is 9.82. The zero-order valence-electron chi connectivity index (χ0n) is 20.5. The molecule has 2 fully saturated rings. The van der Waals surface area contributed by atoms with Crippen LogP contribution in [0.15, 0.2) is 53.3 Å². The fourth-order valence-electron chi connectivity index (χ4n) is 5.16. The summed E-state index contributed by atoms with van der Waals surface area (Å²) in [4.78, 5) is 28.2. The molecule has 7 heteroatoms. The van der Waals surface area contributed by atoms with E-state index in [4.69, 9.17) is 9.47 Å². The van der Waals surface area contributed by atoms with Gasteiger partial charge < -0.3 is 14.4 Å². The average Bonchev–Trinajstić information content (AvgIpc) is 3.39. The Hall–Kier alpha value is -3.19. The number of H-pyrrole nitrogens is 1. The van der Waals surface area contributed by atoms with Crippen LogP contribution in [0.3, 0.4) is 0 Å². The summed E-state index contributed by atoms with van der Waals surface area (Å²) in [5.41, 5.74) is 1.49. The van der Waals surface area contributed by atoms with Gasteiger partial charge in [-0.25, -0.2) is 5.10 Å². The van der Waals surface area contributed by atoms with Crippen LogP contribution in [0.4, 0.5) is 0 Å². The van der Waals surface area contributed by atoms with E-state index >= 15 is 0 Å². The minimum absolute atomic E-state index is 0.0343. The molecule has 0 bridgehead atoms. The molecule has 1 unspecified atom stereocenters. The van der Waals surface area contributed by atoms with E-state index in [1.807, 2.05) is 48.2 Å². The largest absolute Gasteiger partial charge is 0.493 e. The van der Waals surface area contributed by atoms with Gasteiger partial charge in [0, 0.05) is 23.4 Å². The van der Waals surface area contributed by atoms with Crippen LogP contribution < -0.4 is 10.3 Å². The van der Waals surface area contributed by atoms with Gasteiger partial charge in [0.1, 0.15) is 5.75 Å². The van der Waals surface area contributed by atoms with Crippen LogP contribution in [0.1, 0.15) is 56.7 Å². The summed E-state index contributed by atoms with van der Waals surface area (Å²) in [7, 11) is 0. The normalized spacial score (nSPS) is 18.2. The number of hydrogen-bond donors (Lipinski definition) is 1. The van der Waals surface area contributed by atoms with E-state index in [9.17, 15) is 9.59 Å². The van der Waals surface area contributed by atoms with Crippen molar-refractivity contribution in [2.75, 3.05) is 19.8 Å². The highest BCUT2D eigenvalue weighted by molar-refractivity contribution is 5.91. The number of benzene rings is 2. The molecule has 1 saturated heterocycles. The first kappa shape index (κ1) is 23.5. The van der Waals surface area contributed by atoms with E-state index in [2.05, 4.69) is 23.2 Å². The van der Waals surface area contributed by atoms with E-state index in [0.717, 1.165) is 55.6 Å². The van der Waals surface area contributed by atoms with Crippen molar-refractivity contribution in [2.24, 2.45) is 5.41 Å². The lowest BCUT2D eigenvalue weighted by Gasteiger charge is -2.37. The Morgan fingerprint density at radius 1 is 1.17 bits per heavy atom. The Balaban J connectivity index is 1.38. The van der Waals surface area contributed by atoms with E-state index in [-0.39, 0.29) is 22.9 Å². The van der Waals surface area contributed by atoms with Crippen molar-refractivity contribution in [1.82, 2.24) is 15.1 Å². The minimum atomic E-state index is -0.477. The van der Waals surface area contributed by atoms with Crippen LogP contribution in [0.25, 0.3) is 10.8 Å². The standard InChI is InChI=1S/C28H33N3O4/c1-19(25-23-12-5-6-13-24(23)26(32)30-29-25)27(33)31(21-9-3-4-10-21)15-20-8-7-11-22(14-20)35-18-28(2)16-34-17-28/h5-8,11-14,19,21H,3-4,9-10,15-18H2,1-2H3,(H,30,32). The van der Waals surface area contributed by atoms with Gasteiger partial charge in [0.2, 0.25) is 5.91 Å². The molecule has 1 aliphatic carbocycles. The molecule has 184 valence electrons. The number of ether oxygens (including phenoxy) is 2. The molecule has 5 rings (SSSR count). The molecule has 1 amide bonds. The predicted octanol–water partition coefficient (Wildman–Crippen LogP) is 4.41. The lowest BCUT2D eigenvalue weighted by atomic mass is 9.90. The number of nitrogens with zero attached hydrogens (tertiary/aromatic N) is 2. The van der Waals surface area contributed by atoms with Gasteiger partial charge in [-0.15, -0.1) is 0 Å². The van der Waals surface area contributed by atoms with Crippen molar-refractivity contribution in [3.05, 3.63) is 70.1 Å². The molecular weight excluding hydrogens is 442 g/mol. The van der Waals surface area contributed by atoms with Crippen LogP contribution >= 0.6 is 0 Å². The summed E-state index contributed by atoms with van der Waals surface area (Å²) in [6.45, 7) is 6.63. The lowest BCUT2D eigenvalue weighted by Crippen LogP contribution is -2.44. The van der Waals surface area contributed by atoms with Gasteiger partial charge in [-0.05, 0) is 43.5 Å². The Kier molecular flexibility index (Phi) is 6.60. The Morgan fingerprint density at radius 2 is 1.91 bits per heavy atom. The number of amides is 1. The molecule has 2 aliphatic rings. The fourth-order valence-corrected chi connectivity index (χ4v) is 5.16. The van der Waals surface area contributed by atoms with Gasteiger partial charge in [0.05, 0.1) is 36.8 Å². The number of aromatic nitrogens is 2. The second-order valence-corrected chi connectivity index (χ2v) is 10.3. The van der Waals surface area contributed by atoms with Crippen molar-refractivity contribution in [3.8, 4) is 5.75 Å². The summed E-state index contributed by atoms with van der Waals surface area (Å²) >= 11 is 0. The van der Waals surface area contributed by atoms with Crippen LogP contribution in [0, 0.1) is 5.41 Å². The number of hydrogen-bond acceptors (Lipinski definition) is 5. The first-order chi connectivity index (χ1) is 16.9. The molecular formula is C28H33N3O4. The minimum Gasteiger partial charge on any atom is -0.493 e. The third kappa shape index (κ3) is 4.96. The number of aromatic amines is 1. The summed E-state index contributed by atoms with van der Waals surface area (Å²) in [6.07, 6.45) is 4.28. The van der Waals surface area contributed by atoms with Crippen molar-refractivity contribution in [2.45, 2.75) is 58.0 Å². The first-order valence-electron chi connectivity index (χ1n) is 12.5. The van der Waals surface area contributed by atoms with Crippen molar-refractivity contribution in [3.63, 3.8) is 0 Å². The van der Waals surface area contributed by atoms with Crippen molar-refractivity contribution < 1.29 is 14.3 Å². The summed E-state index contributed by atoms with van der Waals surface area (Å²) in [6, 6.07) is 15.6. The Morgan fingerprint density at radius 3 is 2.63 bits per heavy atom. The molecule has 0 radical (unpaired) electrons.